The second kappa shape index (κ2) is 9.45. The van der Waals surface area contributed by atoms with Crippen LogP contribution in [0.2, 0.25) is 0 Å². The molecule has 1 fully saturated rings. The molecule has 0 amide bonds. The Bertz CT molecular complexity index is 1460. The van der Waals surface area contributed by atoms with Crippen molar-refractivity contribution in [3.05, 3.63) is 125 Å². The molecule has 1 aliphatic heterocycles. The normalized spacial score (nSPS) is 18.0. The summed E-state index contributed by atoms with van der Waals surface area (Å²) in [7, 11) is -4.42. The molecule has 184 valence electrons. The highest BCUT2D eigenvalue weighted by Gasteiger charge is 2.44. The number of anilines is 2. The van der Waals surface area contributed by atoms with Crippen LogP contribution < -0.4 is 9.80 Å². The molecule has 1 aliphatic rings. The first kappa shape index (κ1) is 24.1. The van der Waals surface area contributed by atoms with E-state index in [0.717, 1.165) is 16.8 Å². The van der Waals surface area contributed by atoms with Crippen molar-refractivity contribution >= 4 is 21.5 Å². The zero-order valence-electron chi connectivity index (χ0n) is 20.7. The molecule has 4 aromatic rings. The van der Waals surface area contributed by atoms with Crippen molar-refractivity contribution in [3.63, 3.8) is 0 Å². The van der Waals surface area contributed by atoms with Crippen molar-refractivity contribution in [2.75, 3.05) is 16.5 Å². The van der Waals surface area contributed by atoms with Crippen LogP contribution in [0.15, 0.2) is 102 Å². The summed E-state index contributed by atoms with van der Waals surface area (Å²) in [4.78, 5) is 4.39. The molecule has 6 heteroatoms. The Kier molecular flexibility index (Phi) is 6.33. The number of para-hydroxylation sites is 1. The minimum absolute atomic E-state index is 0.0862. The predicted molar refractivity (Wildman–Crippen MR) is 145 cm³/mol. The summed E-state index contributed by atoms with van der Waals surface area (Å²) in [5, 5.41) is 0. The summed E-state index contributed by atoms with van der Waals surface area (Å²) in [6.07, 6.45) is 0. The Balaban J connectivity index is 1.79. The van der Waals surface area contributed by atoms with Crippen molar-refractivity contribution in [3.8, 4) is 0 Å². The van der Waals surface area contributed by atoms with Gasteiger partial charge < -0.3 is 9.80 Å². The summed E-state index contributed by atoms with van der Waals surface area (Å²) in [6.45, 7) is 6.81. The second-order valence-electron chi connectivity index (χ2n) is 9.48. The third kappa shape index (κ3) is 4.38. The Morgan fingerprint density at radius 1 is 0.694 bits per heavy atom. The van der Waals surface area contributed by atoms with E-state index in [1.54, 1.807) is 12.1 Å². The van der Waals surface area contributed by atoms with E-state index < -0.39 is 10.1 Å². The average molecular weight is 499 g/mol. The SMILES string of the molecule is Cc1cc(C)c(N2CN(c3ccccc3S(=O)(=O)O)[C@@H](c3ccccc3)[C@@H]2c2ccccc2)c(C)c1. The lowest BCUT2D eigenvalue weighted by molar-refractivity contribution is 0.482. The van der Waals surface area contributed by atoms with Gasteiger partial charge in [0.05, 0.1) is 24.4 Å². The fraction of sp³-hybridized carbons (Fsp3) is 0.200. The zero-order valence-corrected chi connectivity index (χ0v) is 21.5. The second-order valence-corrected chi connectivity index (χ2v) is 10.9. The van der Waals surface area contributed by atoms with Gasteiger partial charge in [-0.15, -0.1) is 0 Å². The molecule has 0 saturated carbocycles. The number of hydrogen-bond donors (Lipinski definition) is 1. The molecule has 2 atom stereocenters. The first-order valence-corrected chi connectivity index (χ1v) is 13.5. The van der Waals surface area contributed by atoms with Crippen LogP contribution in [-0.4, -0.2) is 19.6 Å². The number of nitrogens with zero attached hydrogens (tertiary/aromatic N) is 2. The first-order chi connectivity index (χ1) is 17.3. The van der Waals surface area contributed by atoms with Crippen LogP contribution in [0.5, 0.6) is 0 Å². The lowest BCUT2D eigenvalue weighted by atomic mass is 9.91. The van der Waals surface area contributed by atoms with Crippen LogP contribution >= 0.6 is 0 Å². The summed E-state index contributed by atoms with van der Waals surface area (Å²) in [5.74, 6) is 0. The van der Waals surface area contributed by atoms with Gasteiger partial charge in [-0.3, -0.25) is 4.55 Å². The molecule has 0 bridgehead atoms. The lowest BCUT2D eigenvalue weighted by Crippen LogP contribution is -2.28. The highest BCUT2D eigenvalue weighted by atomic mass is 32.2. The van der Waals surface area contributed by atoms with Crippen LogP contribution in [0.25, 0.3) is 0 Å². The van der Waals surface area contributed by atoms with E-state index >= 15 is 0 Å². The molecule has 1 heterocycles. The van der Waals surface area contributed by atoms with Crippen molar-refractivity contribution < 1.29 is 13.0 Å². The van der Waals surface area contributed by atoms with Crippen molar-refractivity contribution in [1.82, 2.24) is 0 Å². The molecular weight excluding hydrogens is 468 g/mol. The van der Waals surface area contributed by atoms with Crippen LogP contribution in [0.3, 0.4) is 0 Å². The van der Waals surface area contributed by atoms with Gasteiger partial charge in [0.15, 0.2) is 0 Å². The van der Waals surface area contributed by atoms with E-state index in [1.165, 1.54) is 22.8 Å². The molecule has 0 aliphatic carbocycles. The van der Waals surface area contributed by atoms with Crippen LogP contribution in [0.1, 0.15) is 39.9 Å². The third-order valence-electron chi connectivity index (χ3n) is 6.93. The van der Waals surface area contributed by atoms with Crippen LogP contribution in [-0.2, 0) is 10.1 Å². The van der Waals surface area contributed by atoms with Crippen molar-refractivity contribution in [2.24, 2.45) is 0 Å². The maximum atomic E-state index is 12.4. The zero-order chi connectivity index (χ0) is 25.4. The van der Waals surface area contributed by atoms with Gasteiger partial charge in [0.2, 0.25) is 0 Å². The Morgan fingerprint density at radius 2 is 1.17 bits per heavy atom. The van der Waals surface area contributed by atoms with Gasteiger partial charge in [-0.25, -0.2) is 0 Å². The van der Waals surface area contributed by atoms with E-state index in [4.69, 9.17) is 0 Å². The van der Waals surface area contributed by atoms with E-state index in [1.807, 2.05) is 42.5 Å². The molecule has 1 saturated heterocycles. The predicted octanol–water partition coefficient (Wildman–Crippen LogP) is 6.63. The standard InChI is InChI=1S/C30H30N2O3S/c1-21-18-22(2)28(23(3)19-21)32-20-31(26-16-10-11-17-27(26)36(33,34)35)29(24-12-6-4-7-13-24)30(32)25-14-8-5-9-15-25/h4-19,29-30H,20H2,1-3H3,(H,33,34,35)/t29-,30-/m0/s1. The number of rotatable bonds is 5. The Labute approximate surface area is 213 Å². The molecule has 36 heavy (non-hydrogen) atoms. The van der Waals surface area contributed by atoms with Crippen molar-refractivity contribution in [1.29, 1.82) is 0 Å². The maximum Gasteiger partial charge on any atom is 0.296 e. The minimum Gasteiger partial charge on any atom is -0.344 e. The highest BCUT2D eigenvalue weighted by molar-refractivity contribution is 7.86. The quantitative estimate of drug-likeness (QED) is 0.313. The summed E-state index contributed by atoms with van der Waals surface area (Å²) in [6, 6.07) is 31.3. The molecule has 1 N–H and O–H groups in total. The van der Waals surface area contributed by atoms with Gasteiger partial charge in [-0.05, 0) is 55.2 Å². The molecule has 0 unspecified atom stereocenters. The monoisotopic (exact) mass is 498 g/mol. The summed E-state index contributed by atoms with van der Waals surface area (Å²) >= 11 is 0. The number of hydrogen-bond acceptors (Lipinski definition) is 4. The van der Waals surface area contributed by atoms with E-state index in [9.17, 15) is 13.0 Å². The van der Waals surface area contributed by atoms with Crippen LogP contribution in [0.4, 0.5) is 11.4 Å². The maximum absolute atomic E-state index is 12.4. The van der Waals surface area contributed by atoms with Gasteiger partial charge in [0.25, 0.3) is 10.1 Å². The summed E-state index contributed by atoms with van der Waals surface area (Å²) < 4.78 is 34.9. The molecular formula is C30H30N2O3S. The first-order valence-electron chi connectivity index (χ1n) is 12.0. The largest absolute Gasteiger partial charge is 0.344 e. The Morgan fingerprint density at radius 3 is 1.69 bits per heavy atom. The molecule has 5 nitrogen and oxygen atoms in total. The topological polar surface area (TPSA) is 60.9 Å². The van der Waals surface area contributed by atoms with E-state index in [2.05, 4.69) is 67.0 Å². The summed E-state index contributed by atoms with van der Waals surface area (Å²) in [5.41, 5.74) is 7.38. The smallest absolute Gasteiger partial charge is 0.296 e. The Hall–Kier alpha value is -3.61. The van der Waals surface area contributed by atoms with Gasteiger partial charge in [-0.2, -0.15) is 8.42 Å². The molecule has 0 spiro atoms. The van der Waals surface area contributed by atoms with E-state index in [-0.39, 0.29) is 17.0 Å². The average Bonchev–Trinajstić information content (AvgIpc) is 3.24. The molecule has 5 rings (SSSR count). The molecule has 0 aromatic heterocycles. The number of benzene rings is 4. The molecule has 0 radical (unpaired) electrons. The fourth-order valence-corrected chi connectivity index (χ4v) is 6.38. The minimum atomic E-state index is -4.42. The van der Waals surface area contributed by atoms with Crippen molar-refractivity contribution in [2.45, 2.75) is 37.8 Å². The lowest BCUT2D eigenvalue weighted by Gasteiger charge is -2.32. The number of aryl methyl sites for hydroxylation is 3. The van der Waals surface area contributed by atoms with Gasteiger partial charge >= 0.3 is 0 Å². The van der Waals surface area contributed by atoms with Gasteiger partial charge in [0, 0.05) is 5.69 Å². The molecule has 4 aromatic carbocycles. The third-order valence-corrected chi connectivity index (χ3v) is 7.83. The highest BCUT2D eigenvalue weighted by Crippen LogP contribution is 2.50. The van der Waals surface area contributed by atoms with E-state index in [0.29, 0.717) is 12.4 Å². The van der Waals surface area contributed by atoms with Gasteiger partial charge in [-0.1, -0.05) is 90.5 Å². The van der Waals surface area contributed by atoms with Gasteiger partial charge in [0.1, 0.15) is 4.90 Å². The van der Waals surface area contributed by atoms with Crippen LogP contribution in [0, 0.1) is 20.8 Å². The fourth-order valence-electron chi connectivity index (χ4n) is 5.68.